The van der Waals surface area contributed by atoms with Gasteiger partial charge in [0, 0.05) is 7.05 Å². The van der Waals surface area contributed by atoms with Crippen molar-refractivity contribution >= 4 is 21.8 Å². The zero-order valence-corrected chi connectivity index (χ0v) is 8.59. The Labute approximate surface area is 79.8 Å². The van der Waals surface area contributed by atoms with Gasteiger partial charge < -0.3 is 5.73 Å². The number of nitrogens with two attached hydrogens (primary N) is 1. The van der Waals surface area contributed by atoms with Gasteiger partial charge in [-0.2, -0.15) is 0 Å². The molecule has 0 saturated heterocycles. The van der Waals surface area contributed by atoms with Gasteiger partial charge in [-0.25, -0.2) is 4.98 Å². The molecule has 0 amide bonds. The Balaban J connectivity index is 3.13. The van der Waals surface area contributed by atoms with Crippen LogP contribution in [0.3, 0.4) is 0 Å². The lowest BCUT2D eigenvalue weighted by atomic mass is 10.2. The Kier molecular flexibility index (Phi) is 2.81. The molecule has 0 unspecified atom stereocenters. The summed E-state index contributed by atoms with van der Waals surface area (Å²) < 4.78 is 0.812. The second-order valence-electron chi connectivity index (χ2n) is 2.41. The van der Waals surface area contributed by atoms with E-state index in [2.05, 4.69) is 25.9 Å². The number of aliphatic imine (C=N–C) groups is 1. The molecular formula is C8H10BrN3. The molecule has 0 saturated carbocycles. The molecule has 1 aromatic rings. The summed E-state index contributed by atoms with van der Waals surface area (Å²) in [5.41, 5.74) is 7.37. The Hall–Kier alpha value is -0.900. The minimum absolute atomic E-state index is 0.454. The summed E-state index contributed by atoms with van der Waals surface area (Å²) >= 11 is 3.32. The van der Waals surface area contributed by atoms with Crippen LogP contribution < -0.4 is 5.73 Å². The molecule has 0 fully saturated rings. The highest BCUT2D eigenvalue weighted by atomic mass is 79.9. The molecule has 12 heavy (non-hydrogen) atoms. The van der Waals surface area contributed by atoms with Crippen LogP contribution in [-0.4, -0.2) is 17.9 Å². The highest BCUT2D eigenvalue weighted by Gasteiger charge is 2.01. The number of nitrogens with zero attached hydrogens (tertiary/aromatic N) is 2. The first-order chi connectivity index (χ1) is 5.65. The lowest BCUT2D eigenvalue weighted by Crippen LogP contribution is -2.14. The number of hydrogen-bond donors (Lipinski definition) is 1. The van der Waals surface area contributed by atoms with E-state index in [4.69, 9.17) is 5.73 Å². The molecule has 4 heteroatoms. The van der Waals surface area contributed by atoms with Gasteiger partial charge in [-0.1, -0.05) is 6.07 Å². The predicted molar refractivity (Wildman–Crippen MR) is 53.3 cm³/mol. The third-order valence-electron chi connectivity index (χ3n) is 1.54. The molecule has 0 aliphatic carbocycles. The van der Waals surface area contributed by atoms with E-state index in [0.717, 1.165) is 10.2 Å². The predicted octanol–water partition coefficient (Wildman–Crippen LogP) is 1.49. The summed E-state index contributed by atoms with van der Waals surface area (Å²) in [6.45, 7) is 1.97. The van der Waals surface area contributed by atoms with Gasteiger partial charge in [0.25, 0.3) is 0 Å². The average molecular weight is 228 g/mol. The zero-order chi connectivity index (χ0) is 9.14. The first-order valence-corrected chi connectivity index (χ1v) is 4.30. The molecule has 0 bridgehead atoms. The van der Waals surface area contributed by atoms with Crippen LogP contribution in [0.5, 0.6) is 0 Å². The van der Waals surface area contributed by atoms with Gasteiger partial charge in [0.1, 0.15) is 16.1 Å². The Morgan fingerprint density at radius 1 is 1.58 bits per heavy atom. The second-order valence-corrected chi connectivity index (χ2v) is 3.16. The monoisotopic (exact) mass is 227 g/mol. The van der Waals surface area contributed by atoms with Gasteiger partial charge in [0.05, 0.1) is 0 Å². The van der Waals surface area contributed by atoms with Crippen molar-refractivity contribution in [1.29, 1.82) is 0 Å². The molecule has 1 aromatic heterocycles. The van der Waals surface area contributed by atoms with Gasteiger partial charge in [0.2, 0.25) is 0 Å². The van der Waals surface area contributed by atoms with Crippen molar-refractivity contribution in [3.8, 4) is 0 Å². The lowest BCUT2D eigenvalue weighted by Gasteiger charge is -2.01. The molecule has 1 heterocycles. The SMILES string of the molecule is CN=C(N)c1ccc(C)c(Br)n1. The molecule has 2 N–H and O–H groups in total. The summed E-state index contributed by atoms with van der Waals surface area (Å²) in [6.07, 6.45) is 0. The van der Waals surface area contributed by atoms with Crippen LogP contribution in [0.2, 0.25) is 0 Å². The molecule has 0 spiro atoms. The molecule has 3 nitrogen and oxygen atoms in total. The van der Waals surface area contributed by atoms with Crippen molar-refractivity contribution in [2.45, 2.75) is 6.92 Å². The maximum Gasteiger partial charge on any atom is 0.144 e. The number of amidine groups is 1. The molecule has 0 aliphatic heterocycles. The largest absolute Gasteiger partial charge is 0.382 e. The maximum atomic E-state index is 5.58. The van der Waals surface area contributed by atoms with Crippen LogP contribution in [0.15, 0.2) is 21.7 Å². The van der Waals surface area contributed by atoms with Gasteiger partial charge in [-0.15, -0.1) is 0 Å². The van der Waals surface area contributed by atoms with Crippen molar-refractivity contribution in [3.05, 3.63) is 28.0 Å². The lowest BCUT2D eigenvalue weighted by molar-refractivity contribution is 1.18. The summed E-state index contributed by atoms with van der Waals surface area (Å²) in [4.78, 5) is 8.04. The van der Waals surface area contributed by atoms with Crippen LogP contribution in [0.4, 0.5) is 0 Å². The molecule has 1 rings (SSSR count). The zero-order valence-electron chi connectivity index (χ0n) is 7.00. The molecule has 0 aromatic carbocycles. The van der Waals surface area contributed by atoms with Crippen molar-refractivity contribution in [2.75, 3.05) is 7.05 Å². The Morgan fingerprint density at radius 3 is 2.75 bits per heavy atom. The van der Waals surface area contributed by atoms with E-state index in [0.29, 0.717) is 11.5 Å². The van der Waals surface area contributed by atoms with Gasteiger partial charge in [-0.3, -0.25) is 4.99 Å². The third-order valence-corrected chi connectivity index (χ3v) is 2.34. The smallest absolute Gasteiger partial charge is 0.144 e. The standard InChI is InChI=1S/C8H10BrN3/c1-5-3-4-6(8(10)11-2)12-7(5)9/h3-4H,1-2H3,(H2,10,11). The number of halogens is 1. The first kappa shape index (κ1) is 9.19. The van der Waals surface area contributed by atoms with Gasteiger partial charge in [-0.05, 0) is 34.5 Å². The first-order valence-electron chi connectivity index (χ1n) is 3.51. The van der Waals surface area contributed by atoms with E-state index in [1.54, 1.807) is 7.05 Å². The summed E-state index contributed by atoms with van der Waals surface area (Å²) in [7, 11) is 1.64. The van der Waals surface area contributed by atoms with E-state index in [1.807, 2.05) is 19.1 Å². The normalized spacial score (nSPS) is 11.8. The molecule has 0 atom stereocenters. The van der Waals surface area contributed by atoms with Crippen molar-refractivity contribution in [1.82, 2.24) is 4.98 Å². The molecule has 0 radical (unpaired) electrons. The number of aryl methyl sites for hydroxylation is 1. The highest BCUT2D eigenvalue weighted by molar-refractivity contribution is 9.10. The van der Waals surface area contributed by atoms with Crippen molar-refractivity contribution in [2.24, 2.45) is 10.7 Å². The topological polar surface area (TPSA) is 51.3 Å². The Bertz CT molecular complexity index is 320. The van der Waals surface area contributed by atoms with Crippen molar-refractivity contribution in [3.63, 3.8) is 0 Å². The number of rotatable bonds is 1. The van der Waals surface area contributed by atoms with E-state index in [9.17, 15) is 0 Å². The minimum atomic E-state index is 0.454. The highest BCUT2D eigenvalue weighted by Crippen LogP contribution is 2.12. The van der Waals surface area contributed by atoms with E-state index in [1.165, 1.54) is 0 Å². The molecule has 64 valence electrons. The number of pyridine rings is 1. The van der Waals surface area contributed by atoms with Crippen LogP contribution in [-0.2, 0) is 0 Å². The van der Waals surface area contributed by atoms with Crippen LogP contribution in [0.1, 0.15) is 11.3 Å². The Morgan fingerprint density at radius 2 is 2.25 bits per heavy atom. The van der Waals surface area contributed by atoms with Crippen LogP contribution >= 0.6 is 15.9 Å². The molecule has 0 aliphatic rings. The van der Waals surface area contributed by atoms with Gasteiger partial charge in [0.15, 0.2) is 0 Å². The van der Waals surface area contributed by atoms with Crippen molar-refractivity contribution < 1.29 is 0 Å². The number of aromatic nitrogens is 1. The average Bonchev–Trinajstić information content (AvgIpc) is 2.08. The molecular weight excluding hydrogens is 218 g/mol. The fraction of sp³-hybridized carbons (Fsp3) is 0.250. The minimum Gasteiger partial charge on any atom is -0.382 e. The summed E-state index contributed by atoms with van der Waals surface area (Å²) in [5, 5.41) is 0. The maximum absolute atomic E-state index is 5.58. The van der Waals surface area contributed by atoms with E-state index >= 15 is 0 Å². The fourth-order valence-electron chi connectivity index (χ4n) is 0.761. The number of hydrogen-bond acceptors (Lipinski definition) is 2. The summed E-state index contributed by atoms with van der Waals surface area (Å²) in [6, 6.07) is 3.80. The fourth-order valence-corrected chi connectivity index (χ4v) is 1.08. The van der Waals surface area contributed by atoms with Gasteiger partial charge >= 0.3 is 0 Å². The second kappa shape index (κ2) is 3.67. The van der Waals surface area contributed by atoms with Crippen LogP contribution in [0.25, 0.3) is 0 Å². The quantitative estimate of drug-likeness (QED) is 0.449. The van der Waals surface area contributed by atoms with Crippen LogP contribution in [0, 0.1) is 6.92 Å². The summed E-state index contributed by atoms with van der Waals surface area (Å²) in [5.74, 6) is 0.454. The van der Waals surface area contributed by atoms with E-state index < -0.39 is 0 Å². The van der Waals surface area contributed by atoms with E-state index in [-0.39, 0.29) is 0 Å². The third kappa shape index (κ3) is 1.82.